The van der Waals surface area contributed by atoms with Crippen LogP contribution >= 0.6 is 11.6 Å². The first-order chi connectivity index (χ1) is 8.17. The first kappa shape index (κ1) is 16.5. The summed E-state index contributed by atoms with van der Waals surface area (Å²) < 4.78 is 0. The van der Waals surface area contributed by atoms with Crippen molar-refractivity contribution in [3.05, 3.63) is 11.1 Å². The van der Waals surface area contributed by atoms with Gasteiger partial charge in [0.15, 0.2) is 0 Å². The third-order valence-corrected chi connectivity index (χ3v) is 3.32. The molecule has 0 aliphatic rings. The zero-order chi connectivity index (χ0) is 13.1. The molecule has 1 amide bonds. The molecule has 0 aliphatic carbocycles. The Morgan fingerprint density at radius 2 is 1.53 bits per heavy atom. The Hall–Kier alpha value is -0.500. The van der Waals surface area contributed by atoms with Gasteiger partial charge in [-0.3, -0.25) is 4.79 Å². The number of alkyl halides is 1. The van der Waals surface area contributed by atoms with Crippen LogP contribution in [0.3, 0.4) is 0 Å². The standard InChI is InChI=1S/C14H26ClNO/c1-3-5-7-9-12(11-15)13(14(16)17)10-8-6-4-2/h3-11H2,1-2H3,(H2,16,17). The summed E-state index contributed by atoms with van der Waals surface area (Å²) in [6.45, 7) is 4.32. The summed E-state index contributed by atoms with van der Waals surface area (Å²) in [5.41, 5.74) is 7.29. The largest absolute Gasteiger partial charge is 0.366 e. The van der Waals surface area contributed by atoms with E-state index in [2.05, 4.69) is 13.8 Å². The maximum Gasteiger partial charge on any atom is 0.244 e. The van der Waals surface area contributed by atoms with Crippen molar-refractivity contribution in [2.45, 2.75) is 65.2 Å². The highest BCUT2D eigenvalue weighted by atomic mass is 35.5. The second kappa shape index (κ2) is 10.6. The lowest BCUT2D eigenvalue weighted by Crippen LogP contribution is -2.17. The van der Waals surface area contributed by atoms with Crippen molar-refractivity contribution < 1.29 is 4.79 Å². The fourth-order valence-electron chi connectivity index (χ4n) is 1.91. The maximum atomic E-state index is 11.4. The van der Waals surface area contributed by atoms with Gasteiger partial charge in [0.05, 0.1) is 0 Å². The number of unbranched alkanes of at least 4 members (excludes halogenated alkanes) is 4. The molecule has 17 heavy (non-hydrogen) atoms. The minimum absolute atomic E-state index is 0.284. The molecule has 0 aromatic heterocycles. The van der Waals surface area contributed by atoms with Crippen LogP contribution in [0.25, 0.3) is 0 Å². The fourth-order valence-corrected chi connectivity index (χ4v) is 2.21. The molecule has 0 saturated carbocycles. The summed E-state index contributed by atoms with van der Waals surface area (Å²) in [7, 11) is 0. The molecule has 0 aliphatic heterocycles. The number of carbonyl (C=O) groups is 1. The fraction of sp³-hybridized carbons (Fsp3) is 0.786. The Kier molecular flexibility index (Phi) is 10.3. The zero-order valence-electron chi connectivity index (χ0n) is 11.2. The van der Waals surface area contributed by atoms with Crippen molar-refractivity contribution in [2.75, 3.05) is 5.88 Å². The van der Waals surface area contributed by atoms with Crippen LogP contribution in [0.1, 0.15) is 65.2 Å². The molecule has 0 unspecified atom stereocenters. The summed E-state index contributed by atoms with van der Waals surface area (Å²) in [5, 5.41) is 0. The molecule has 2 N–H and O–H groups in total. The van der Waals surface area contributed by atoms with Crippen LogP contribution < -0.4 is 5.73 Å². The predicted molar refractivity (Wildman–Crippen MR) is 75.2 cm³/mol. The van der Waals surface area contributed by atoms with Gasteiger partial charge in [-0.15, -0.1) is 11.6 Å². The van der Waals surface area contributed by atoms with Gasteiger partial charge in [-0.2, -0.15) is 0 Å². The molecule has 0 bridgehead atoms. The average molecular weight is 260 g/mol. The van der Waals surface area contributed by atoms with Gasteiger partial charge in [0.2, 0.25) is 5.91 Å². The number of allylic oxidation sites excluding steroid dienone is 1. The van der Waals surface area contributed by atoms with Crippen molar-refractivity contribution in [3.63, 3.8) is 0 Å². The van der Waals surface area contributed by atoms with Crippen LogP contribution in [-0.2, 0) is 4.79 Å². The smallest absolute Gasteiger partial charge is 0.244 e. The van der Waals surface area contributed by atoms with Crippen molar-refractivity contribution >= 4 is 17.5 Å². The maximum absolute atomic E-state index is 11.4. The first-order valence-electron chi connectivity index (χ1n) is 6.73. The molecule has 0 atom stereocenters. The molecular weight excluding hydrogens is 234 g/mol. The quantitative estimate of drug-likeness (QED) is 0.357. The van der Waals surface area contributed by atoms with Gasteiger partial charge in [-0.1, -0.05) is 39.5 Å². The Morgan fingerprint density at radius 1 is 1.00 bits per heavy atom. The predicted octanol–water partition coefficient (Wildman–Crippen LogP) is 4.17. The molecule has 0 rings (SSSR count). The summed E-state index contributed by atoms with van der Waals surface area (Å²) in [6.07, 6.45) is 8.49. The molecule has 0 aromatic carbocycles. The van der Waals surface area contributed by atoms with Gasteiger partial charge in [-0.05, 0) is 31.3 Å². The van der Waals surface area contributed by atoms with Crippen LogP contribution in [-0.4, -0.2) is 11.8 Å². The van der Waals surface area contributed by atoms with E-state index >= 15 is 0 Å². The minimum Gasteiger partial charge on any atom is -0.366 e. The van der Waals surface area contributed by atoms with E-state index in [1.165, 1.54) is 12.8 Å². The number of nitrogens with two attached hydrogens (primary N) is 1. The van der Waals surface area contributed by atoms with Gasteiger partial charge >= 0.3 is 0 Å². The molecule has 0 spiro atoms. The number of hydrogen-bond donors (Lipinski definition) is 1. The van der Waals surface area contributed by atoms with Crippen molar-refractivity contribution in [1.82, 2.24) is 0 Å². The number of halogens is 1. The average Bonchev–Trinajstić information content (AvgIpc) is 2.31. The summed E-state index contributed by atoms with van der Waals surface area (Å²) in [6, 6.07) is 0. The molecule has 3 heteroatoms. The Balaban J connectivity index is 4.48. The normalized spacial score (nSPS) is 12.4. The number of rotatable bonds is 10. The highest BCUT2D eigenvalue weighted by Gasteiger charge is 2.11. The van der Waals surface area contributed by atoms with Crippen LogP contribution in [0.2, 0.25) is 0 Å². The second-order valence-electron chi connectivity index (χ2n) is 4.49. The second-order valence-corrected chi connectivity index (χ2v) is 4.76. The minimum atomic E-state index is -0.284. The Labute approximate surface area is 111 Å². The molecular formula is C14H26ClNO. The first-order valence-corrected chi connectivity index (χ1v) is 7.27. The highest BCUT2D eigenvalue weighted by molar-refractivity contribution is 6.20. The van der Waals surface area contributed by atoms with E-state index in [1.54, 1.807) is 0 Å². The van der Waals surface area contributed by atoms with E-state index in [0.29, 0.717) is 5.88 Å². The molecule has 0 aromatic rings. The van der Waals surface area contributed by atoms with E-state index in [1.807, 2.05) is 0 Å². The van der Waals surface area contributed by atoms with Gasteiger partial charge in [0.25, 0.3) is 0 Å². The summed E-state index contributed by atoms with van der Waals surface area (Å²) >= 11 is 5.93. The number of carbonyl (C=O) groups excluding carboxylic acids is 1. The van der Waals surface area contributed by atoms with E-state index in [-0.39, 0.29) is 5.91 Å². The lowest BCUT2D eigenvalue weighted by atomic mass is 9.98. The van der Waals surface area contributed by atoms with Gasteiger partial charge < -0.3 is 5.73 Å². The van der Waals surface area contributed by atoms with Crippen LogP contribution in [0, 0.1) is 0 Å². The van der Waals surface area contributed by atoms with E-state index in [9.17, 15) is 4.79 Å². The van der Waals surface area contributed by atoms with Crippen LogP contribution in [0.4, 0.5) is 0 Å². The molecule has 0 radical (unpaired) electrons. The third kappa shape index (κ3) is 7.43. The number of amides is 1. The number of hydrogen-bond acceptors (Lipinski definition) is 1. The van der Waals surface area contributed by atoms with Crippen LogP contribution in [0.5, 0.6) is 0 Å². The van der Waals surface area contributed by atoms with E-state index < -0.39 is 0 Å². The molecule has 0 heterocycles. The molecule has 2 nitrogen and oxygen atoms in total. The van der Waals surface area contributed by atoms with Gasteiger partial charge in [0, 0.05) is 11.5 Å². The number of primary amides is 1. The third-order valence-electron chi connectivity index (χ3n) is 3.00. The summed E-state index contributed by atoms with van der Waals surface area (Å²) in [4.78, 5) is 11.4. The monoisotopic (exact) mass is 259 g/mol. The Morgan fingerprint density at radius 3 is 1.94 bits per heavy atom. The molecule has 100 valence electrons. The lowest BCUT2D eigenvalue weighted by Gasteiger charge is -2.10. The molecule has 0 saturated heterocycles. The molecule has 0 fully saturated rings. The zero-order valence-corrected chi connectivity index (χ0v) is 12.0. The van der Waals surface area contributed by atoms with E-state index in [4.69, 9.17) is 17.3 Å². The van der Waals surface area contributed by atoms with Crippen molar-refractivity contribution in [2.24, 2.45) is 5.73 Å². The highest BCUT2D eigenvalue weighted by Crippen LogP contribution is 2.20. The van der Waals surface area contributed by atoms with Crippen LogP contribution in [0.15, 0.2) is 11.1 Å². The lowest BCUT2D eigenvalue weighted by molar-refractivity contribution is -0.114. The van der Waals surface area contributed by atoms with Crippen molar-refractivity contribution in [3.8, 4) is 0 Å². The summed E-state index contributed by atoms with van der Waals surface area (Å²) in [5.74, 6) is 0.155. The Bertz CT molecular complexity index is 249. The van der Waals surface area contributed by atoms with E-state index in [0.717, 1.165) is 49.7 Å². The van der Waals surface area contributed by atoms with Gasteiger partial charge in [0.1, 0.15) is 0 Å². The SMILES string of the molecule is CCCCCC(CCl)=C(CCCCC)C(N)=O. The van der Waals surface area contributed by atoms with Crippen molar-refractivity contribution in [1.29, 1.82) is 0 Å². The topological polar surface area (TPSA) is 43.1 Å². The van der Waals surface area contributed by atoms with Gasteiger partial charge in [-0.25, -0.2) is 0 Å².